The van der Waals surface area contributed by atoms with E-state index in [4.69, 9.17) is 0 Å². The van der Waals surface area contributed by atoms with E-state index < -0.39 is 75.8 Å². The molecular weight excluding hydrogens is 647 g/mol. The first-order valence-corrected chi connectivity index (χ1v) is 13.8. The van der Waals surface area contributed by atoms with Crippen molar-refractivity contribution in [2.75, 3.05) is 26.4 Å². The van der Waals surface area contributed by atoms with Gasteiger partial charge in [0.05, 0.1) is 0 Å². The third-order valence-electron chi connectivity index (χ3n) is 6.18. The molecule has 4 nitrogen and oxygen atoms in total. The Balaban J connectivity index is 4.54. The van der Waals surface area contributed by atoms with Crippen LogP contribution in [0.25, 0.3) is 0 Å². The first kappa shape index (κ1) is 43.1. The quantitative estimate of drug-likeness (QED) is 0.0490. The number of allylic oxidation sites excluding steroid dienone is 3. The average molecular weight is 687 g/mol. The van der Waals surface area contributed by atoms with E-state index in [2.05, 4.69) is 38.7 Å². The Kier molecular flexibility index (Phi) is 17.7. The maximum atomic E-state index is 14.0. The Hall–Kier alpha value is -1.85. The Labute approximate surface area is 253 Å². The zero-order valence-electron chi connectivity index (χ0n) is 24.5. The lowest BCUT2D eigenvalue weighted by Gasteiger charge is -2.31. The minimum Gasteiger partial charge on any atom is -0.366 e. The fourth-order valence-electron chi connectivity index (χ4n) is 4.43. The van der Waals surface area contributed by atoms with Gasteiger partial charge in [0, 0.05) is 6.42 Å². The Morgan fingerprint density at radius 3 is 1.29 bits per heavy atom. The fourth-order valence-corrected chi connectivity index (χ4v) is 4.43. The van der Waals surface area contributed by atoms with Gasteiger partial charge in [-0.05, 0) is 37.5 Å². The van der Waals surface area contributed by atoms with E-state index >= 15 is 0 Å². The zero-order chi connectivity index (χ0) is 35.1. The smallest absolute Gasteiger partial charge is 0.366 e. The van der Waals surface area contributed by atoms with Crippen molar-refractivity contribution in [3.05, 3.63) is 38.0 Å². The van der Waals surface area contributed by atoms with Gasteiger partial charge in [-0.15, -0.1) is 32.9 Å². The molecule has 0 heterocycles. The van der Waals surface area contributed by atoms with Gasteiger partial charge in [0.15, 0.2) is 0 Å². The number of alkyl halides is 13. The number of ether oxygens (including phenoxy) is 4. The van der Waals surface area contributed by atoms with E-state index in [0.717, 1.165) is 38.5 Å². The first-order chi connectivity index (χ1) is 20.4. The van der Waals surface area contributed by atoms with Gasteiger partial charge in [-0.2, -0.15) is 26.3 Å². The molecule has 0 radical (unpaired) electrons. The van der Waals surface area contributed by atoms with E-state index in [9.17, 15) is 57.1 Å². The fraction of sp³-hybridized carbons (Fsp3) is 0.786. The highest BCUT2D eigenvalue weighted by Crippen LogP contribution is 2.39. The molecule has 0 aromatic carbocycles. The van der Waals surface area contributed by atoms with Crippen LogP contribution in [0.1, 0.15) is 70.6 Å². The summed E-state index contributed by atoms with van der Waals surface area (Å²) in [5.74, 6) is -8.47. The molecule has 0 N–H and O–H groups in total. The number of hydrogen-bond acceptors (Lipinski definition) is 4. The molecule has 0 aromatic rings. The molecule has 45 heavy (non-hydrogen) atoms. The summed E-state index contributed by atoms with van der Waals surface area (Å²) in [6, 6.07) is 0. The van der Waals surface area contributed by atoms with Gasteiger partial charge in [-0.25, -0.2) is 22.3 Å². The second-order valence-electron chi connectivity index (χ2n) is 10.7. The van der Waals surface area contributed by atoms with Crippen LogP contribution in [0.15, 0.2) is 38.0 Å². The predicted octanol–water partition coefficient (Wildman–Crippen LogP) is 10.5. The van der Waals surface area contributed by atoms with Crippen molar-refractivity contribution in [2.24, 2.45) is 5.41 Å². The van der Waals surface area contributed by atoms with Gasteiger partial charge >= 0.3 is 24.7 Å². The standard InChI is InChI=1S/C28H39F13O4/c1-4-12-22(13-5-2,14-6-3)15-10-8-7-9-11-16-23(29,30)18-42-20-26(35,36)44-25(33,34)17-24(31,32)19-43-21-27(37,38)45-28(39,40)41/h4-6H,1-3,7-21H2. The summed E-state index contributed by atoms with van der Waals surface area (Å²) in [4.78, 5) is 0. The Morgan fingerprint density at radius 1 is 0.444 bits per heavy atom. The molecule has 0 aliphatic heterocycles. The van der Waals surface area contributed by atoms with Crippen molar-refractivity contribution in [2.45, 2.75) is 107 Å². The van der Waals surface area contributed by atoms with Crippen molar-refractivity contribution >= 4 is 0 Å². The molecule has 0 fully saturated rings. The molecule has 0 atom stereocenters. The SMILES string of the molecule is C=CCC(CC=C)(CC=C)CCCCCCCC(F)(F)COCC(F)(F)OC(F)(F)CC(F)(F)COCC(F)(F)OC(F)(F)F. The molecule has 266 valence electrons. The van der Waals surface area contributed by atoms with E-state index in [1.54, 1.807) is 0 Å². The molecule has 17 heteroatoms. The molecule has 0 unspecified atom stereocenters. The van der Waals surface area contributed by atoms with Crippen LogP contribution in [0.3, 0.4) is 0 Å². The topological polar surface area (TPSA) is 36.9 Å². The highest BCUT2D eigenvalue weighted by atomic mass is 19.4. The van der Waals surface area contributed by atoms with E-state index in [1.807, 2.05) is 18.2 Å². The van der Waals surface area contributed by atoms with Crippen LogP contribution in [0.2, 0.25) is 0 Å². The monoisotopic (exact) mass is 686 g/mol. The molecule has 0 aromatic heterocycles. The van der Waals surface area contributed by atoms with E-state index in [1.165, 1.54) is 0 Å². The second kappa shape index (κ2) is 18.5. The second-order valence-corrected chi connectivity index (χ2v) is 10.7. The number of rotatable bonds is 27. The molecule has 0 aliphatic rings. The van der Waals surface area contributed by atoms with Crippen molar-refractivity contribution in [1.82, 2.24) is 0 Å². The normalized spacial score (nSPS) is 14.1. The lowest BCUT2D eigenvalue weighted by Crippen LogP contribution is -2.43. The molecule has 0 amide bonds. The Bertz CT molecular complexity index is 850. The molecule has 0 rings (SSSR count). The lowest BCUT2D eigenvalue weighted by atomic mass is 9.74. The minimum absolute atomic E-state index is 0.00383. The van der Waals surface area contributed by atoms with Crippen molar-refractivity contribution in [1.29, 1.82) is 0 Å². The van der Waals surface area contributed by atoms with E-state index in [-0.39, 0.29) is 11.8 Å². The summed E-state index contributed by atoms with van der Waals surface area (Å²) in [5.41, 5.74) is -0.0564. The third kappa shape index (κ3) is 21.6. The molecular formula is C28H39F13O4. The van der Waals surface area contributed by atoms with Gasteiger partial charge in [0.25, 0.3) is 11.8 Å². The molecule has 0 aliphatic carbocycles. The van der Waals surface area contributed by atoms with Crippen LogP contribution < -0.4 is 0 Å². The molecule has 0 saturated carbocycles. The van der Waals surface area contributed by atoms with E-state index in [0.29, 0.717) is 12.8 Å². The summed E-state index contributed by atoms with van der Waals surface area (Å²) in [6.07, 6.45) is -13.9. The maximum absolute atomic E-state index is 14.0. The first-order valence-electron chi connectivity index (χ1n) is 13.8. The van der Waals surface area contributed by atoms with Crippen molar-refractivity contribution < 1.29 is 76.0 Å². The zero-order valence-corrected chi connectivity index (χ0v) is 24.5. The number of unbranched alkanes of at least 4 members (excludes halogenated alkanes) is 4. The van der Waals surface area contributed by atoms with Gasteiger partial charge in [-0.3, -0.25) is 4.74 Å². The summed E-state index contributed by atoms with van der Waals surface area (Å²) < 4.78 is 184. The Morgan fingerprint density at radius 2 is 0.844 bits per heavy atom. The van der Waals surface area contributed by atoms with Crippen LogP contribution >= 0.6 is 0 Å². The number of hydrogen-bond donors (Lipinski definition) is 0. The molecule has 0 bridgehead atoms. The van der Waals surface area contributed by atoms with Gasteiger partial charge in [0.2, 0.25) is 0 Å². The number of halogens is 13. The van der Waals surface area contributed by atoms with Crippen molar-refractivity contribution in [3.8, 4) is 0 Å². The van der Waals surface area contributed by atoms with Gasteiger partial charge in [-0.1, -0.05) is 43.9 Å². The maximum Gasteiger partial charge on any atom is 0.527 e. The largest absolute Gasteiger partial charge is 0.527 e. The van der Waals surface area contributed by atoms with Gasteiger partial charge in [0.1, 0.15) is 32.8 Å². The average Bonchev–Trinajstić information content (AvgIpc) is 2.80. The molecule has 0 spiro atoms. The van der Waals surface area contributed by atoms with Crippen LogP contribution in [0.4, 0.5) is 57.1 Å². The summed E-state index contributed by atoms with van der Waals surface area (Å²) in [5, 5.41) is 0. The summed E-state index contributed by atoms with van der Waals surface area (Å²) in [6.45, 7) is 2.77. The van der Waals surface area contributed by atoms with Crippen LogP contribution in [0.5, 0.6) is 0 Å². The minimum atomic E-state index is -5.88. The highest BCUT2D eigenvalue weighted by molar-refractivity contribution is 4.95. The van der Waals surface area contributed by atoms with Crippen LogP contribution in [-0.2, 0) is 18.9 Å². The summed E-state index contributed by atoms with van der Waals surface area (Å²) in [7, 11) is 0. The molecule has 0 saturated heterocycles. The van der Waals surface area contributed by atoms with Crippen LogP contribution in [-0.4, -0.2) is 63.0 Å². The highest BCUT2D eigenvalue weighted by Gasteiger charge is 2.52. The van der Waals surface area contributed by atoms with Gasteiger partial charge < -0.3 is 9.47 Å². The predicted molar refractivity (Wildman–Crippen MR) is 138 cm³/mol. The van der Waals surface area contributed by atoms with Crippen LogP contribution in [0, 0.1) is 5.41 Å². The lowest BCUT2D eigenvalue weighted by molar-refractivity contribution is -0.432. The third-order valence-corrected chi connectivity index (χ3v) is 6.18. The summed E-state index contributed by atoms with van der Waals surface area (Å²) >= 11 is 0. The van der Waals surface area contributed by atoms with Crippen molar-refractivity contribution in [3.63, 3.8) is 0 Å².